The van der Waals surface area contributed by atoms with Crippen LogP contribution in [0.2, 0.25) is 0 Å². The van der Waals surface area contributed by atoms with E-state index in [1.807, 2.05) is 13.0 Å². The number of anilines is 2. The number of carbonyl (C=O) groups excluding carboxylic acids is 1. The lowest BCUT2D eigenvalue weighted by Crippen LogP contribution is -2.12. The van der Waals surface area contributed by atoms with Gasteiger partial charge in [0.15, 0.2) is 0 Å². The van der Waals surface area contributed by atoms with Crippen molar-refractivity contribution in [2.75, 3.05) is 11.1 Å². The van der Waals surface area contributed by atoms with Gasteiger partial charge in [-0.15, -0.1) is 0 Å². The van der Waals surface area contributed by atoms with Crippen LogP contribution in [0.1, 0.15) is 21.5 Å². The Balaban J connectivity index is 2.21. The van der Waals surface area contributed by atoms with E-state index in [2.05, 4.69) is 5.32 Å². The molecule has 0 saturated heterocycles. The van der Waals surface area contributed by atoms with Crippen LogP contribution in [0.25, 0.3) is 0 Å². The molecule has 0 heterocycles. The summed E-state index contributed by atoms with van der Waals surface area (Å²) in [6, 6.07) is 13.9. The quantitative estimate of drug-likeness (QED) is 0.805. The molecule has 0 unspecified atom stereocenters. The molecule has 0 aliphatic rings. The Morgan fingerprint density at radius 2 is 2.05 bits per heavy atom. The zero-order chi connectivity index (χ0) is 13.8. The highest BCUT2D eigenvalue weighted by Gasteiger charge is 2.07. The van der Waals surface area contributed by atoms with Gasteiger partial charge in [-0.3, -0.25) is 4.79 Å². The van der Waals surface area contributed by atoms with Gasteiger partial charge in [0.25, 0.3) is 5.91 Å². The maximum absolute atomic E-state index is 12.0. The average Bonchev–Trinajstić information content (AvgIpc) is 2.42. The van der Waals surface area contributed by atoms with Crippen molar-refractivity contribution in [3.8, 4) is 6.07 Å². The van der Waals surface area contributed by atoms with Gasteiger partial charge in [-0.2, -0.15) is 5.26 Å². The van der Waals surface area contributed by atoms with Crippen molar-refractivity contribution in [3.63, 3.8) is 0 Å². The molecule has 1 amide bonds. The summed E-state index contributed by atoms with van der Waals surface area (Å²) < 4.78 is 0. The zero-order valence-corrected chi connectivity index (χ0v) is 10.5. The molecule has 4 nitrogen and oxygen atoms in total. The van der Waals surface area contributed by atoms with Crippen LogP contribution < -0.4 is 11.1 Å². The van der Waals surface area contributed by atoms with Gasteiger partial charge >= 0.3 is 0 Å². The number of hydrogen-bond acceptors (Lipinski definition) is 3. The van der Waals surface area contributed by atoms with Crippen LogP contribution >= 0.6 is 0 Å². The standard InChI is InChI=1S/C15H13N3O/c1-10-7-12(5-6-14(10)17)15(19)18-13-4-2-3-11(8-13)9-16/h2-8H,17H2,1H3,(H,18,19). The predicted molar refractivity (Wildman–Crippen MR) is 74.7 cm³/mol. The highest BCUT2D eigenvalue weighted by molar-refractivity contribution is 6.04. The molecule has 0 radical (unpaired) electrons. The molecule has 0 spiro atoms. The fourth-order valence-electron chi connectivity index (χ4n) is 1.69. The number of carbonyl (C=O) groups is 1. The van der Waals surface area contributed by atoms with Crippen molar-refractivity contribution in [1.82, 2.24) is 0 Å². The van der Waals surface area contributed by atoms with Gasteiger partial charge in [-0.25, -0.2) is 0 Å². The number of hydrogen-bond donors (Lipinski definition) is 2. The summed E-state index contributed by atoms with van der Waals surface area (Å²) in [5, 5.41) is 11.6. The normalized spacial score (nSPS) is 9.68. The number of nitriles is 1. The molecule has 0 saturated carbocycles. The van der Waals surface area contributed by atoms with Crippen LogP contribution in [0.15, 0.2) is 42.5 Å². The van der Waals surface area contributed by atoms with E-state index in [0.29, 0.717) is 22.5 Å². The molecular weight excluding hydrogens is 238 g/mol. The third-order valence-corrected chi connectivity index (χ3v) is 2.78. The molecule has 0 aliphatic heterocycles. The SMILES string of the molecule is Cc1cc(C(=O)Nc2cccc(C#N)c2)ccc1N. The van der Waals surface area contributed by atoms with Gasteiger partial charge in [-0.1, -0.05) is 6.07 Å². The lowest BCUT2D eigenvalue weighted by Gasteiger charge is -2.07. The van der Waals surface area contributed by atoms with Crippen LogP contribution in [0, 0.1) is 18.3 Å². The second-order valence-corrected chi connectivity index (χ2v) is 4.22. The fraction of sp³-hybridized carbons (Fsp3) is 0.0667. The summed E-state index contributed by atoms with van der Waals surface area (Å²) >= 11 is 0. The Morgan fingerprint density at radius 1 is 1.26 bits per heavy atom. The van der Waals surface area contributed by atoms with E-state index < -0.39 is 0 Å². The molecule has 2 aromatic carbocycles. The zero-order valence-electron chi connectivity index (χ0n) is 10.5. The van der Waals surface area contributed by atoms with Crippen LogP contribution in [0.3, 0.4) is 0 Å². The first-order valence-corrected chi connectivity index (χ1v) is 5.78. The molecule has 19 heavy (non-hydrogen) atoms. The minimum atomic E-state index is -0.224. The maximum atomic E-state index is 12.0. The summed E-state index contributed by atoms with van der Waals surface area (Å²) in [6.07, 6.45) is 0. The third kappa shape index (κ3) is 2.90. The Kier molecular flexibility index (Phi) is 3.48. The summed E-state index contributed by atoms with van der Waals surface area (Å²) in [6.45, 7) is 1.85. The molecule has 4 heteroatoms. The molecule has 0 aromatic heterocycles. The van der Waals surface area contributed by atoms with Gasteiger partial charge in [0, 0.05) is 16.9 Å². The molecule has 0 atom stereocenters. The van der Waals surface area contributed by atoms with Crippen LogP contribution in [0.5, 0.6) is 0 Å². The molecular formula is C15H13N3O. The molecule has 94 valence electrons. The topological polar surface area (TPSA) is 78.9 Å². The van der Waals surface area contributed by atoms with Gasteiger partial charge < -0.3 is 11.1 Å². The van der Waals surface area contributed by atoms with Crippen molar-refractivity contribution in [1.29, 1.82) is 5.26 Å². The number of benzene rings is 2. The van der Waals surface area contributed by atoms with E-state index >= 15 is 0 Å². The monoisotopic (exact) mass is 251 g/mol. The second-order valence-electron chi connectivity index (χ2n) is 4.22. The second kappa shape index (κ2) is 5.23. The molecule has 3 N–H and O–H groups in total. The van der Waals surface area contributed by atoms with Crippen LogP contribution in [-0.2, 0) is 0 Å². The van der Waals surface area contributed by atoms with Crippen molar-refractivity contribution >= 4 is 17.3 Å². The number of nitrogens with one attached hydrogen (secondary N) is 1. The average molecular weight is 251 g/mol. The van der Waals surface area contributed by atoms with E-state index in [9.17, 15) is 4.79 Å². The molecule has 0 fully saturated rings. The first kappa shape index (κ1) is 12.7. The number of amides is 1. The van der Waals surface area contributed by atoms with Gasteiger partial charge in [-0.05, 0) is 48.9 Å². The van der Waals surface area contributed by atoms with E-state index in [4.69, 9.17) is 11.0 Å². The molecule has 0 aliphatic carbocycles. The largest absolute Gasteiger partial charge is 0.399 e. The first-order chi connectivity index (χ1) is 9.10. The van der Waals surface area contributed by atoms with Crippen molar-refractivity contribution in [3.05, 3.63) is 59.2 Å². The predicted octanol–water partition coefficient (Wildman–Crippen LogP) is 2.70. The van der Waals surface area contributed by atoms with Crippen molar-refractivity contribution in [2.24, 2.45) is 0 Å². The fourth-order valence-corrected chi connectivity index (χ4v) is 1.69. The smallest absolute Gasteiger partial charge is 0.255 e. The summed E-state index contributed by atoms with van der Waals surface area (Å²) in [7, 11) is 0. The Morgan fingerprint density at radius 3 is 2.74 bits per heavy atom. The van der Waals surface area contributed by atoms with Gasteiger partial charge in [0.1, 0.15) is 0 Å². The number of nitrogen functional groups attached to an aromatic ring is 1. The summed E-state index contributed by atoms with van der Waals surface area (Å²) in [5.41, 5.74) is 8.86. The van der Waals surface area contributed by atoms with Crippen LogP contribution in [0.4, 0.5) is 11.4 Å². The lowest BCUT2D eigenvalue weighted by atomic mass is 10.1. The van der Waals surface area contributed by atoms with Crippen molar-refractivity contribution in [2.45, 2.75) is 6.92 Å². The van der Waals surface area contributed by atoms with E-state index in [1.165, 1.54) is 0 Å². The minimum absolute atomic E-state index is 0.224. The highest BCUT2D eigenvalue weighted by Crippen LogP contribution is 2.15. The number of nitrogens with zero attached hydrogens (tertiary/aromatic N) is 1. The molecule has 2 aromatic rings. The lowest BCUT2D eigenvalue weighted by molar-refractivity contribution is 0.102. The van der Waals surface area contributed by atoms with Crippen molar-refractivity contribution < 1.29 is 4.79 Å². The van der Waals surface area contributed by atoms with E-state index in [1.54, 1.807) is 42.5 Å². The number of nitrogens with two attached hydrogens (primary N) is 1. The Bertz CT molecular complexity index is 671. The van der Waals surface area contributed by atoms with Gasteiger partial charge in [0.05, 0.1) is 11.6 Å². The first-order valence-electron chi connectivity index (χ1n) is 5.78. The third-order valence-electron chi connectivity index (χ3n) is 2.78. The van der Waals surface area contributed by atoms with Gasteiger partial charge in [0.2, 0.25) is 0 Å². The minimum Gasteiger partial charge on any atom is -0.399 e. The Hall–Kier alpha value is -2.80. The molecule has 2 rings (SSSR count). The van der Waals surface area contributed by atoms with E-state index in [0.717, 1.165) is 5.56 Å². The molecule has 0 bridgehead atoms. The number of aryl methyl sites for hydroxylation is 1. The van der Waals surface area contributed by atoms with Crippen LogP contribution in [-0.4, -0.2) is 5.91 Å². The van der Waals surface area contributed by atoms with E-state index in [-0.39, 0.29) is 5.91 Å². The summed E-state index contributed by atoms with van der Waals surface area (Å²) in [4.78, 5) is 12.0. The summed E-state index contributed by atoms with van der Waals surface area (Å²) in [5.74, 6) is -0.224. The number of rotatable bonds is 2. The maximum Gasteiger partial charge on any atom is 0.255 e. The highest BCUT2D eigenvalue weighted by atomic mass is 16.1. The Labute approximate surface area is 111 Å².